The molecule has 0 amide bonds. The molecule has 1 heterocycles. The van der Waals surface area contributed by atoms with Crippen LogP contribution in [0.5, 0.6) is 0 Å². The molecular weight excluding hydrogens is 285 g/mol. The highest BCUT2D eigenvalue weighted by Crippen LogP contribution is 2.21. The lowest BCUT2D eigenvalue weighted by molar-refractivity contribution is 0.444. The smallest absolute Gasteiger partial charge is 0.124 e. The SMILES string of the molecule is Cc1ccc(C(N)Cc2cc(F)cc(Br)c2)o1. The van der Waals surface area contributed by atoms with Crippen molar-refractivity contribution < 1.29 is 8.81 Å². The Morgan fingerprint density at radius 2 is 2.12 bits per heavy atom. The van der Waals surface area contributed by atoms with Gasteiger partial charge in [-0.05, 0) is 49.2 Å². The summed E-state index contributed by atoms with van der Waals surface area (Å²) >= 11 is 3.26. The predicted molar refractivity (Wildman–Crippen MR) is 68.2 cm³/mol. The molecule has 2 nitrogen and oxygen atoms in total. The highest BCUT2D eigenvalue weighted by Gasteiger charge is 2.11. The average Bonchev–Trinajstić information content (AvgIpc) is 2.63. The zero-order chi connectivity index (χ0) is 12.4. The van der Waals surface area contributed by atoms with Gasteiger partial charge in [-0.1, -0.05) is 15.9 Å². The minimum atomic E-state index is -0.266. The van der Waals surface area contributed by atoms with Crippen molar-refractivity contribution in [3.63, 3.8) is 0 Å². The fourth-order valence-corrected chi connectivity index (χ4v) is 2.25. The van der Waals surface area contributed by atoms with Crippen LogP contribution in [-0.2, 0) is 6.42 Å². The van der Waals surface area contributed by atoms with Crippen molar-refractivity contribution >= 4 is 15.9 Å². The third kappa shape index (κ3) is 3.17. The molecule has 17 heavy (non-hydrogen) atoms. The molecular formula is C13H13BrFNO. The van der Waals surface area contributed by atoms with E-state index in [1.165, 1.54) is 12.1 Å². The highest BCUT2D eigenvalue weighted by atomic mass is 79.9. The standard InChI is InChI=1S/C13H13BrFNO/c1-8-2-3-13(17-8)12(16)6-9-4-10(14)7-11(15)5-9/h2-5,7,12H,6,16H2,1H3. The summed E-state index contributed by atoms with van der Waals surface area (Å²) in [6.07, 6.45) is 0.545. The fourth-order valence-electron chi connectivity index (χ4n) is 1.74. The molecule has 0 aliphatic carbocycles. The Labute approximate surface area is 108 Å². The summed E-state index contributed by atoms with van der Waals surface area (Å²) in [6, 6.07) is 8.24. The summed E-state index contributed by atoms with van der Waals surface area (Å²) in [7, 11) is 0. The second kappa shape index (κ2) is 5.02. The van der Waals surface area contributed by atoms with Gasteiger partial charge in [-0.3, -0.25) is 0 Å². The third-order valence-corrected chi connectivity index (χ3v) is 2.96. The number of nitrogens with two attached hydrogens (primary N) is 1. The quantitative estimate of drug-likeness (QED) is 0.937. The van der Waals surface area contributed by atoms with Gasteiger partial charge < -0.3 is 10.2 Å². The van der Waals surface area contributed by atoms with Gasteiger partial charge in [0.25, 0.3) is 0 Å². The summed E-state index contributed by atoms with van der Waals surface area (Å²) in [5.41, 5.74) is 6.85. The number of halogens is 2. The van der Waals surface area contributed by atoms with E-state index in [0.29, 0.717) is 6.42 Å². The van der Waals surface area contributed by atoms with Crippen LogP contribution in [0.15, 0.2) is 39.2 Å². The van der Waals surface area contributed by atoms with E-state index in [-0.39, 0.29) is 11.9 Å². The van der Waals surface area contributed by atoms with Gasteiger partial charge in [0.2, 0.25) is 0 Å². The van der Waals surface area contributed by atoms with Gasteiger partial charge in [-0.15, -0.1) is 0 Å². The van der Waals surface area contributed by atoms with Crippen LogP contribution in [0.2, 0.25) is 0 Å². The lowest BCUT2D eigenvalue weighted by Crippen LogP contribution is -2.12. The molecule has 2 N–H and O–H groups in total. The van der Waals surface area contributed by atoms with Crippen molar-refractivity contribution in [2.24, 2.45) is 5.73 Å². The molecule has 0 aliphatic rings. The second-order valence-corrected chi connectivity index (χ2v) is 4.95. The number of aryl methyl sites for hydroxylation is 1. The van der Waals surface area contributed by atoms with Gasteiger partial charge in [0, 0.05) is 4.47 Å². The molecule has 1 unspecified atom stereocenters. The summed E-state index contributed by atoms with van der Waals surface area (Å²) in [5, 5.41) is 0. The first kappa shape index (κ1) is 12.3. The van der Waals surface area contributed by atoms with Crippen LogP contribution in [-0.4, -0.2) is 0 Å². The van der Waals surface area contributed by atoms with Gasteiger partial charge in [0.05, 0.1) is 6.04 Å². The first-order valence-corrected chi connectivity index (χ1v) is 6.11. The summed E-state index contributed by atoms with van der Waals surface area (Å²) in [5.74, 6) is 1.29. The molecule has 0 bridgehead atoms. The Kier molecular flexibility index (Phi) is 3.64. The Bertz CT molecular complexity index is 504. The van der Waals surface area contributed by atoms with E-state index in [1.807, 2.05) is 25.1 Å². The molecule has 1 aromatic carbocycles. The van der Waals surface area contributed by atoms with Crippen LogP contribution in [0, 0.1) is 12.7 Å². The Hall–Kier alpha value is -1.13. The van der Waals surface area contributed by atoms with Crippen molar-refractivity contribution in [3.8, 4) is 0 Å². The van der Waals surface area contributed by atoms with E-state index in [4.69, 9.17) is 10.2 Å². The van der Waals surface area contributed by atoms with Crippen molar-refractivity contribution in [1.29, 1.82) is 0 Å². The predicted octanol–water partition coefficient (Wildman–Crippen LogP) is 3.73. The molecule has 4 heteroatoms. The van der Waals surface area contributed by atoms with Crippen LogP contribution < -0.4 is 5.73 Å². The summed E-state index contributed by atoms with van der Waals surface area (Å²) < 4.78 is 19.4. The van der Waals surface area contributed by atoms with Gasteiger partial charge in [0.15, 0.2) is 0 Å². The fraction of sp³-hybridized carbons (Fsp3) is 0.231. The molecule has 0 saturated heterocycles. The Morgan fingerprint density at radius 1 is 1.35 bits per heavy atom. The van der Waals surface area contributed by atoms with Crippen LogP contribution in [0.3, 0.4) is 0 Å². The zero-order valence-corrected chi connectivity index (χ0v) is 11.0. The lowest BCUT2D eigenvalue weighted by Gasteiger charge is -2.09. The van der Waals surface area contributed by atoms with Crippen LogP contribution in [0.25, 0.3) is 0 Å². The molecule has 0 saturated carbocycles. The summed E-state index contributed by atoms with van der Waals surface area (Å²) in [4.78, 5) is 0. The van der Waals surface area contributed by atoms with Crippen molar-refractivity contribution in [1.82, 2.24) is 0 Å². The van der Waals surface area contributed by atoms with E-state index in [0.717, 1.165) is 21.6 Å². The van der Waals surface area contributed by atoms with Crippen LogP contribution in [0.1, 0.15) is 23.1 Å². The minimum Gasteiger partial charge on any atom is -0.465 e. The van der Waals surface area contributed by atoms with Crippen molar-refractivity contribution in [2.75, 3.05) is 0 Å². The number of hydrogen-bond acceptors (Lipinski definition) is 2. The van der Waals surface area contributed by atoms with Gasteiger partial charge >= 0.3 is 0 Å². The zero-order valence-electron chi connectivity index (χ0n) is 9.41. The van der Waals surface area contributed by atoms with Crippen LogP contribution in [0.4, 0.5) is 4.39 Å². The van der Waals surface area contributed by atoms with Crippen LogP contribution >= 0.6 is 15.9 Å². The topological polar surface area (TPSA) is 39.2 Å². The summed E-state index contributed by atoms with van der Waals surface area (Å²) in [6.45, 7) is 1.87. The third-order valence-electron chi connectivity index (χ3n) is 2.50. The molecule has 2 aromatic rings. The average molecular weight is 298 g/mol. The van der Waals surface area contributed by atoms with Crippen molar-refractivity contribution in [3.05, 3.63) is 57.7 Å². The van der Waals surface area contributed by atoms with Gasteiger partial charge in [-0.25, -0.2) is 4.39 Å². The number of furan rings is 1. The van der Waals surface area contributed by atoms with E-state index < -0.39 is 0 Å². The highest BCUT2D eigenvalue weighted by molar-refractivity contribution is 9.10. The molecule has 90 valence electrons. The van der Waals surface area contributed by atoms with E-state index in [1.54, 1.807) is 0 Å². The van der Waals surface area contributed by atoms with E-state index in [2.05, 4.69) is 15.9 Å². The number of benzene rings is 1. The molecule has 0 spiro atoms. The molecule has 1 aromatic heterocycles. The largest absolute Gasteiger partial charge is 0.465 e. The maximum atomic E-state index is 13.2. The number of rotatable bonds is 3. The van der Waals surface area contributed by atoms with Gasteiger partial charge in [-0.2, -0.15) is 0 Å². The minimum absolute atomic E-state index is 0.252. The normalized spacial score (nSPS) is 12.7. The van der Waals surface area contributed by atoms with Gasteiger partial charge in [0.1, 0.15) is 17.3 Å². The Morgan fingerprint density at radius 3 is 2.71 bits per heavy atom. The second-order valence-electron chi connectivity index (χ2n) is 4.04. The first-order chi connectivity index (χ1) is 8.04. The molecule has 0 radical (unpaired) electrons. The Balaban J connectivity index is 2.15. The lowest BCUT2D eigenvalue weighted by atomic mass is 10.0. The van der Waals surface area contributed by atoms with Crippen molar-refractivity contribution in [2.45, 2.75) is 19.4 Å². The molecule has 1 atom stereocenters. The monoisotopic (exact) mass is 297 g/mol. The number of hydrogen-bond donors (Lipinski definition) is 1. The maximum Gasteiger partial charge on any atom is 0.124 e. The van der Waals surface area contributed by atoms with E-state index >= 15 is 0 Å². The first-order valence-electron chi connectivity index (χ1n) is 5.31. The molecule has 0 fully saturated rings. The maximum absolute atomic E-state index is 13.2. The molecule has 0 aliphatic heterocycles. The molecule has 2 rings (SSSR count). The van der Waals surface area contributed by atoms with E-state index in [9.17, 15) is 4.39 Å².